The average Bonchev–Trinajstić information content (AvgIpc) is 2.23. The van der Waals surface area contributed by atoms with Crippen LogP contribution in [-0.4, -0.2) is 15.3 Å². The molecule has 0 bridgehead atoms. The monoisotopic (exact) mass is 360 g/mol. The third-order valence-corrected chi connectivity index (χ3v) is 3.39. The molecular weight excluding hydrogens is 351 g/mol. The zero-order valence-corrected chi connectivity index (χ0v) is 11.1. The van der Waals surface area contributed by atoms with Gasteiger partial charge in [0.25, 0.3) is 0 Å². The molecule has 0 saturated heterocycles. The van der Waals surface area contributed by atoms with Gasteiger partial charge in [0.15, 0.2) is 0 Å². The van der Waals surface area contributed by atoms with Crippen molar-refractivity contribution in [3.8, 4) is 0 Å². The molecule has 3 nitrogen and oxygen atoms in total. The van der Waals surface area contributed by atoms with Crippen molar-refractivity contribution in [2.45, 2.75) is 12.8 Å². The van der Waals surface area contributed by atoms with Crippen LogP contribution in [0.5, 0.6) is 0 Å². The molecule has 0 radical (unpaired) electrons. The summed E-state index contributed by atoms with van der Waals surface area (Å²) in [6.45, 7) is 0.240. The second-order valence-corrected chi connectivity index (χ2v) is 4.90. The van der Waals surface area contributed by atoms with Gasteiger partial charge in [-0.25, -0.2) is 13.5 Å². The van der Waals surface area contributed by atoms with E-state index in [2.05, 4.69) is 4.72 Å². The van der Waals surface area contributed by atoms with E-state index in [1.165, 1.54) is 12.1 Å². The van der Waals surface area contributed by atoms with E-state index in [1.807, 2.05) is 0 Å². The Balaban J connectivity index is 2.55. The van der Waals surface area contributed by atoms with Crippen LogP contribution >= 0.6 is 22.6 Å². The number of hydrogen-bond acceptors (Lipinski definition) is 2. The van der Waals surface area contributed by atoms with Crippen LogP contribution in [-0.2, 0) is 17.7 Å². The summed E-state index contributed by atoms with van der Waals surface area (Å²) in [6.07, 6.45) is 0.832. The Morgan fingerprint density at radius 2 is 2.12 bits per heavy atom. The van der Waals surface area contributed by atoms with Crippen LogP contribution < -0.4 is 4.72 Å². The zero-order valence-electron chi connectivity index (χ0n) is 8.13. The third kappa shape index (κ3) is 4.04. The molecule has 0 aliphatic rings. The molecule has 16 heavy (non-hydrogen) atoms. The summed E-state index contributed by atoms with van der Waals surface area (Å²) in [7, 11) is 0. The highest BCUT2D eigenvalue weighted by Gasteiger charge is 2.10. The van der Waals surface area contributed by atoms with Crippen molar-refractivity contribution in [2.24, 2.45) is 0 Å². The van der Waals surface area contributed by atoms with E-state index in [4.69, 9.17) is 0 Å². The molecule has 0 aliphatic carbocycles. The minimum Gasteiger partial charge on any atom is -0.760 e. The molecule has 0 aromatic heterocycles. The Hall–Kier alpha value is -0.120. The highest BCUT2D eigenvalue weighted by Crippen LogP contribution is 2.19. The fourth-order valence-electron chi connectivity index (χ4n) is 1.19. The molecule has 0 heterocycles. The molecule has 1 rings (SSSR count). The van der Waals surface area contributed by atoms with Crippen molar-refractivity contribution < 1.29 is 17.5 Å². The lowest BCUT2D eigenvalue weighted by atomic mass is 10.1. The number of aryl methyl sites for hydroxylation is 1. The first kappa shape index (κ1) is 13.9. The lowest BCUT2D eigenvalue weighted by Gasteiger charge is -2.08. The van der Waals surface area contributed by atoms with Gasteiger partial charge >= 0.3 is 0 Å². The maximum Gasteiger partial charge on any atom is 0.142 e. The van der Waals surface area contributed by atoms with Gasteiger partial charge in [-0.1, -0.05) is 6.07 Å². The fraction of sp³-hybridized carbons (Fsp3) is 0.333. The predicted octanol–water partition coefficient (Wildman–Crippen LogP) is 1.89. The Bertz CT molecular complexity index is 403. The molecule has 0 aliphatic heterocycles. The zero-order chi connectivity index (χ0) is 12.1. The second-order valence-electron chi connectivity index (χ2n) is 3.07. The number of nitrogens with one attached hydrogen (secondary N) is 1. The number of halogens is 3. The minimum absolute atomic E-state index is 0.0320. The van der Waals surface area contributed by atoms with Crippen LogP contribution in [0.15, 0.2) is 12.1 Å². The first-order valence-electron chi connectivity index (χ1n) is 4.47. The topological polar surface area (TPSA) is 52.2 Å². The summed E-state index contributed by atoms with van der Waals surface area (Å²) >= 11 is -0.690. The first-order chi connectivity index (χ1) is 7.52. The fourth-order valence-corrected chi connectivity index (χ4v) is 2.03. The second kappa shape index (κ2) is 6.58. The van der Waals surface area contributed by atoms with E-state index < -0.39 is 22.9 Å². The van der Waals surface area contributed by atoms with Crippen LogP contribution in [0.3, 0.4) is 0 Å². The molecule has 0 amide bonds. The van der Waals surface area contributed by atoms with E-state index in [9.17, 15) is 17.5 Å². The molecule has 1 unspecified atom stereocenters. The Kier molecular flexibility index (Phi) is 5.73. The molecular formula is C9H9F2INO2S-. The normalized spacial score (nSPS) is 12.8. The molecule has 0 spiro atoms. The number of rotatable bonds is 5. The SMILES string of the molecule is O=S([O-])NCCCc1ccc(F)c(I)c1F. The van der Waals surface area contributed by atoms with Crippen molar-refractivity contribution in [2.75, 3.05) is 6.54 Å². The Morgan fingerprint density at radius 3 is 2.75 bits per heavy atom. The average molecular weight is 360 g/mol. The van der Waals surface area contributed by atoms with Crippen LogP contribution in [0.1, 0.15) is 12.0 Å². The smallest absolute Gasteiger partial charge is 0.142 e. The molecule has 90 valence electrons. The third-order valence-electron chi connectivity index (χ3n) is 1.96. The van der Waals surface area contributed by atoms with Crippen molar-refractivity contribution in [1.29, 1.82) is 0 Å². The van der Waals surface area contributed by atoms with Gasteiger partial charge in [0.1, 0.15) is 11.6 Å². The van der Waals surface area contributed by atoms with Crippen LogP contribution in [0, 0.1) is 15.2 Å². The van der Waals surface area contributed by atoms with E-state index >= 15 is 0 Å². The minimum atomic E-state index is -2.29. The number of hydrogen-bond donors (Lipinski definition) is 1. The van der Waals surface area contributed by atoms with E-state index in [1.54, 1.807) is 22.6 Å². The van der Waals surface area contributed by atoms with Gasteiger partial charge in [0.2, 0.25) is 0 Å². The van der Waals surface area contributed by atoms with Gasteiger partial charge in [-0.05, 0) is 47.1 Å². The van der Waals surface area contributed by atoms with Crippen LogP contribution in [0.4, 0.5) is 8.78 Å². The van der Waals surface area contributed by atoms with Crippen molar-refractivity contribution in [3.05, 3.63) is 32.9 Å². The molecule has 1 aromatic rings. The van der Waals surface area contributed by atoms with Gasteiger partial charge in [-0.15, -0.1) is 0 Å². The summed E-state index contributed by atoms with van der Waals surface area (Å²) in [5, 5.41) is 0. The predicted molar refractivity (Wildman–Crippen MR) is 64.3 cm³/mol. The number of benzene rings is 1. The first-order valence-corrected chi connectivity index (χ1v) is 6.63. The van der Waals surface area contributed by atoms with E-state index in [-0.39, 0.29) is 10.1 Å². The summed E-state index contributed by atoms with van der Waals surface area (Å²) in [5.74, 6) is -1.15. The Labute approximate surface area is 108 Å². The van der Waals surface area contributed by atoms with Gasteiger partial charge in [-0.3, -0.25) is 4.21 Å². The maximum atomic E-state index is 13.5. The van der Waals surface area contributed by atoms with Crippen molar-refractivity contribution in [1.82, 2.24) is 4.72 Å². The van der Waals surface area contributed by atoms with Crippen LogP contribution in [0.25, 0.3) is 0 Å². The molecule has 7 heteroatoms. The van der Waals surface area contributed by atoms with Crippen LogP contribution in [0.2, 0.25) is 0 Å². The Morgan fingerprint density at radius 1 is 1.44 bits per heavy atom. The molecule has 1 aromatic carbocycles. The largest absolute Gasteiger partial charge is 0.760 e. The van der Waals surface area contributed by atoms with Gasteiger partial charge in [-0.2, -0.15) is 0 Å². The van der Waals surface area contributed by atoms with Crippen molar-refractivity contribution >= 4 is 33.9 Å². The van der Waals surface area contributed by atoms with Gasteiger partial charge in [0, 0.05) is 17.8 Å². The summed E-state index contributed by atoms with van der Waals surface area (Å²) in [5.41, 5.74) is 0.393. The molecule has 0 fully saturated rings. The summed E-state index contributed by atoms with van der Waals surface area (Å²) in [6, 6.07) is 2.58. The quantitative estimate of drug-likeness (QED) is 0.377. The van der Waals surface area contributed by atoms with E-state index in [0.29, 0.717) is 18.4 Å². The summed E-state index contributed by atoms with van der Waals surface area (Å²) in [4.78, 5) is 0. The highest BCUT2D eigenvalue weighted by molar-refractivity contribution is 14.1. The summed E-state index contributed by atoms with van der Waals surface area (Å²) < 4.78 is 48.8. The molecule has 1 atom stereocenters. The van der Waals surface area contributed by atoms with Crippen molar-refractivity contribution in [3.63, 3.8) is 0 Å². The van der Waals surface area contributed by atoms with Gasteiger partial charge in [0.05, 0.1) is 3.57 Å². The molecule has 1 N–H and O–H groups in total. The lowest BCUT2D eigenvalue weighted by Crippen LogP contribution is -2.18. The maximum absolute atomic E-state index is 13.5. The molecule has 0 saturated carbocycles. The highest BCUT2D eigenvalue weighted by atomic mass is 127. The van der Waals surface area contributed by atoms with E-state index in [0.717, 1.165) is 0 Å². The lowest BCUT2D eigenvalue weighted by molar-refractivity contribution is 0.520. The standard InChI is InChI=1S/C9H10F2INO2S/c10-7-4-3-6(8(11)9(7)12)2-1-5-13-16(14)15/h3-4,13H,1-2,5H2,(H,14,15)/p-1. The van der Waals surface area contributed by atoms with Gasteiger partial charge < -0.3 is 4.55 Å².